The minimum absolute atomic E-state index is 0.153. The van der Waals surface area contributed by atoms with Crippen molar-refractivity contribution >= 4 is 0 Å². The first-order chi connectivity index (χ1) is 8.40. The molecule has 1 aromatic rings. The van der Waals surface area contributed by atoms with Crippen LogP contribution in [0.3, 0.4) is 0 Å². The van der Waals surface area contributed by atoms with Gasteiger partial charge in [-0.3, -0.25) is 0 Å². The van der Waals surface area contributed by atoms with Gasteiger partial charge in [0.05, 0.1) is 6.10 Å². The van der Waals surface area contributed by atoms with Crippen molar-refractivity contribution in [3.8, 4) is 0 Å². The van der Waals surface area contributed by atoms with Crippen LogP contribution in [0.5, 0.6) is 0 Å². The summed E-state index contributed by atoms with van der Waals surface area (Å²) in [5, 5.41) is 10.3. The van der Waals surface area contributed by atoms with Crippen LogP contribution in [0.25, 0.3) is 0 Å². The smallest absolute Gasteiger partial charge is 0.0830 e. The lowest BCUT2D eigenvalue weighted by atomic mass is 9.85. The zero-order valence-electron chi connectivity index (χ0n) is 12.1. The van der Waals surface area contributed by atoms with Crippen molar-refractivity contribution in [1.29, 1.82) is 0 Å². The summed E-state index contributed by atoms with van der Waals surface area (Å²) in [6.07, 6.45) is 1.58. The Bertz CT molecular complexity index is 350. The van der Waals surface area contributed by atoms with E-state index in [1.54, 1.807) is 0 Å². The van der Waals surface area contributed by atoms with Gasteiger partial charge in [-0.05, 0) is 29.5 Å². The van der Waals surface area contributed by atoms with E-state index in [1.807, 2.05) is 12.1 Å². The van der Waals surface area contributed by atoms with Crippen LogP contribution in [0.4, 0.5) is 0 Å². The Hall–Kier alpha value is -0.860. The maximum Gasteiger partial charge on any atom is 0.0830 e. The predicted molar refractivity (Wildman–Crippen MR) is 77.6 cm³/mol. The van der Waals surface area contributed by atoms with Crippen molar-refractivity contribution in [1.82, 2.24) is 0 Å². The van der Waals surface area contributed by atoms with Gasteiger partial charge in [-0.2, -0.15) is 0 Å². The number of rotatable bonds is 5. The highest BCUT2D eigenvalue weighted by Gasteiger charge is 2.20. The van der Waals surface area contributed by atoms with Gasteiger partial charge in [0.2, 0.25) is 0 Å². The van der Waals surface area contributed by atoms with E-state index in [0.29, 0.717) is 6.54 Å². The van der Waals surface area contributed by atoms with Crippen LogP contribution < -0.4 is 5.73 Å². The predicted octanol–water partition coefficient (Wildman–Crippen LogP) is 3.39. The van der Waals surface area contributed by atoms with E-state index in [9.17, 15) is 5.11 Å². The van der Waals surface area contributed by atoms with Gasteiger partial charge in [-0.15, -0.1) is 0 Å². The van der Waals surface area contributed by atoms with E-state index >= 15 is 0 Å². The maximum atomic E-state index is 10.3. The Labute approximate surface area is 111 Å². The number of benzene rings is 1. The van der Waals surface area contributed by atoms with Crippen molar-refractivity contribution in [2.45, 2.75) is 52.1 Å². The van der Waals surface area contributed by atoms with Crippen LogP contribution in [0, 0.1) is 5.92 Å². The summed E-state index contributed by atoms with van der Waals surface area (Å²) in [7, 11) is 0. The minimum Gasteiger partial charge on any atom is -0.388 e. The molecule has 2 nitrogen and oxygen atoms in total. The summed E-state index contributed by atoms with van der Waals surface area (Å²) in [5.74, 6) is 0.162. The second kappa shape index (κ2) is 6.35. The number of hydrogen-bond acceptors (Lipinski definition) is 2. The molecule has 0 bridgehead atoms. The van der Waals surface area contributed by atoms with E-state index in [-0.39, 0.29) is 11.3 Å². The Morgan fingerprint density at radius 1 is 1.17 bits per heavy atom. The quantitative estimate of drug-likeness (QED) is 0.840. The maximum absolute atomic E-state index is 10.3. The molecule has 0 aliphatic heterocycles. The highest BCUT2D eigenvalue weighted by molar-refractivity contribution is 5.28. The first-order valence-electron chi connectivity index (χ1n) is 6.88. The summed E-state index contributed by atoms with van der Waals surface area (Å²) in [6, 6.07) is 8.28. The highest BCUT2D eigenvalue weighted by Crippen LogP contribution is 2.28. The standard InChI is InChI=1S/C16H27NO/c1-5-6-13(11-17)15(18)12-7-9-14(10-8-12)16(2,3)4/h7-10,13,15,18H,5-6,11,17H2,1-4H3. The second-order valence-electron chi connectivity index (χ2n) is 6.10. The van der Waals surface area contributed by atoms with Crippen molar-refractivity contribution in [3.05, 3.63) is 35.4 Å². The van der Waals surface area contributed by atoms with Gasteiger partial charge in [0.15, 0.2) is 0 Å². The van der Waals surface area contributed by atoms with Crippen LogP contribution >= 0.6 is 0 Å². The molecule has 0 saturated carbocycles. The first kappa shape index (κ1) is 15.2. The van der Waals surface area contributed by atoms with Gasteiger partial charge in [-0.1, -0.05) is 58.4 Å². The third-order valence-electron chi connectivity index (χ3n) is 3.53. The third kappa shape index (κ3) is 3.82. The van der Waals surface area contributed by atoms with Gasteiger partial charge >= 0.3 is 0 Å². The Balaban J connectivity index is 2.84. The number of aliphatic hydroxyl groups excluding tert-OH is 1. The molecule has 0 heterocycles. The Morgan fingerprint density at radius 3 is 2.11 bits per heavy atom. The van der Waals surface area contributed by atoms with Crippen LogP contribution in [-0.4, -0.2) is 11.7 Å². The molecule has 2 heteroatoms. The first-order valence-corrected chi connectivity index (χ1v) is 6.88. The van der Waals surface area contributed by atoms with Crippen molar-refractivity contribution in [2.75, 3.05) is 6.54 Å². The zero-order chi connectivity index (χ0) is 13.8. The summed E-state index contributed by atoms with van der Waals surface area (Å²) >= 11 is 0. The monoisotopic (exact) mass is 249 g/mol. The average Bonchev–Trinajstić information content (AvgIpc) is 2.34. The molecule has 0 fully saturated rings. The molecule has 0 amide bonds. The molecule has 0 radical (unpaired) electrons. The van der Waals surface area contributed by atoms with E-state index in [1.165, 1.54) is 5.56 Å². The fourth-order valence-corrected chi connectivity index (χ4v) is 2.23. The molecule has 0 saturated heterocycles. The lowest BCUT2D eigenvalue weighted by Crippen LogP contribution is -2.22. The molecule has 1 aromatic carbocycles. The molecule has 0 aliphatic rings. The van der Waals surface area contributed by atoms with E-state index in [0.717, 1.165) is 18.4 Å². The Morgan fingerprint density at radius 2 is 1.72 bits per heavy atom. The summed E-state index contributed by atoms with van der Waals surface area (Å²) in [6.45, 7) is 9.24. The van der Waals surface area contributed by atoms with E-state index in [4.69, 9.17) is 5.73 Å². The number of hydrogen-bond donors (Lipinski definition) is 2. The van der Waals surface area contributed by atoms with Gasteiger partial charge in [0.1, 0.15) is 0 Å². The van der Waals surface area contributed by atoms with Crippen molar-refractivity contribution in [3.63, 3.8) is 0 Å². The highest BCUT2D eigenvalue weighted by atomic mass is 16.3. The zero-order valence-corrected chi connectivity index (χ0v) is 12.1. The second-order valence-corrected chi connectivity index (χ2v) is 6.10. The average molecular weight is 249 g/mol. The van der Waals surface area contributed by atoms with Gasteiger partial charge in [-0.25, -0.2) is 0 Å². The van der Waals surface area contributed by atoms with Crippen LogP contribution in [0.1, 0.15) is 57.8 Å². The third-order valence-corrected chi connectivity index (χ3v) is 3.53. The topological polar surface area (TPSA) is 46.2 Å². The van der Waals surface area contributed by atoms with Crippen molar-refractivity contribution in [2.24, 2.45) is 11.7 Å². The summed E-state index contributed by atoms with van der Waals surface area (Å²) < 4.78 is 0. The van der Waals surface area contributed by atoms with Crippen LogP contribution in [0.15, 0.2) is 24.3 Å². The van der Waals surface area contributed by atoms with Gasteiger partial charge < -0.3 is 10.8 Å². The molecule has 1 rings (SSSR count). The van der Waals surface area contributed by atoms with Gasteiger partial charge in [0, 0.05) is 5.92 Å². The minimum atomic E-state index is -0.441. The van der Waals surface area contributed by atoms with Crippen LogP contribution in [-0.2, 0) is 5.41 Å². The summed E-state index contributed by atoms with van der Waals surface area (Å²) in [5.41, 5.74) is 8.16. The van der Waals surface area contributed by atoms with Gasteiger partial charge in [0.25, 0.3) is 0 Å². The van der Waals surface area contributed by atoms with E-state index in [2.05, 4.69) is 39.8 Å². The van der Waals surface area contributed by atoms with E-state index < -0.39 is 6.10 Å². The summed E-state index contributed by atoms with van der Waals surface area (Å²) in [4.78, 5) is 0. The number of nitrogens with two attached hydrogens (primary N) is 1. The molecule has 0 spiro atoms. The fraction of sp³-hybridized carbons (Fsp3) is 0.625. The van der Waals surface area contributed by atoms with Crippen molar-refractivity contribution < 1.29 is 5.11 Å². The fourth-order valence-electron chi connectivity index (χ4n) is 2.23. The molecule has 102 valence electrons. The molecule has 3 N–H and O–H groups in total. The molecule has 18 heavy (non-hydrogen) atoms. The molecule has 0 aromatic heterocycles. The molecular formula is C16H27NO. The molecule has 2 unspecified atom stereocenters. The lowest BCUT2D eigenvalue weighted by molar-refractivity contribution is 0.107. The number of aliphatic hydroxyl groups is 1. The lowest BCUT2D eigenvalue weighted by Gasteiger charge is -2.23. The molecule has 2 atom stereocenters. The van der Waals surface area contributed by atoms with Crippen LogP contribution in [0.2, 0.25) is 0 Å². The largest absolute Gasteiger partial charge is 0.388 e. The Kier molecular flexibility index (Phi) is 5.36. The SMILES string of the molecule is CCCC(CN)C(O)c1ccc(C(C)(C)C)cc1. The molecule has 0 aliphatic carbocycles. The molecular weight excluding hydrogens is 222 g/mol. The normalized spacial score (nSPS) is 15.4.